The van der Waals surface area contributed by atoms with Crippen molar-refractivity contribution in [2.75, 3.05) is 23.8 Å². The van der Waals surface area contributed by atoms with Crippen molar-refractivity contribution >= 4 is 34.6 Å². The number of nitrogens with zero attached hydrogens (tertiary/aromatic N) is 3. The Labute approximate surface area is 173 Å². The molecule has 1 amide bonds. The molecule has 1 aromatic carbocycles. The van der Waals surface area contributed by atoms with Crippen molar-refractivity contribution in [3.05, 3.63) is 63.1 Å². The van der Waals surface area contributed by atoms with Crippen LogP contribution in [0.4, 0.5) is 11.4 Å². The highest BCUT2D eigenvalue weighted by Crippen LogP contribution is 2.28. The number of hydrogen-bond acceptors (Lipinski definition) is 5. The Kier molecular flexibility index (Phi) is 6.03. The second-order valence-electron chi connectivity index (χ2n) is 6.91. The number of amides is 1. The van der Waals surface area contributed by atoms with E-state index in [4.69, 9.17) is 0 Å². The predicted octanol–water partition coefficient (Wildman–Crippen LogP) is 3.73. The van der Waals surface area contributed by atoms with Gasteiger partial charge in [0.2, 0.25) is 0 Å². The van der Waals surface area contributed by atoms with Crippen LogP contribution in [0.3, 0.4) is 0 Å². The predicted molar refractivity (Wildman–Crippen MR) is 115 cm³/mol. The first kappa shape index (κ1) is 20.6. The summed E-state index contributed by atoms with van der Waals surface area (Å²) in [5.41, 5.74) is 4.70. The van der Waals surface area contributed by atoms with E-state index in [1.165, 1.54) is 23.0 Å². The normalized spacial score (nSPS) is 10.8. The van der Waals surface area contributed by atoms with E-state index in [-0.39, 0.29) is 11.5 Å². The molecule has 0 unspecified atom stereocenters. The third-order valence-electron chi connectivity index (χ3n) is 5.00. The molecule has 2 heterocycles. The number of aromatic nitrogens is 2. The van der Waals surface area contributed by atoms with Crippen LogP contribution in [0, 0.1) is 13.8 Å². The molecule has 0 spiro atoms. The minimum Gasteiger partial charge on any atom is -0.478 e. The molecule has 7 nitrogen and oxygen atoms in total. The summed E-state index contributed by atoms with van der Waals surface area (Å²) in [6.45, 7) is 4.74. The largest absolute Gasteiger partial charge is 0.478 e. The smallest absolute Gasteiger partial charge is 0.335 e. The van der Waals surface area contributed by atoms with Crippen LogP contribution in [0.25, 0.3) is 0 Å². The Morgan fingerprint density at radius 3 is 2.62 bits per heavy atom. The second kappa shape index (κ2) is 8.48. The lowest BCUT2D eigenvalue weighted by Gasteiger charge is -2.23. The van der Waals surface area contributed by atoms with Gasteiger partial charge in [-0.15, -0.1) is 11.3 Å². The fourth-order valence-electron chi connectivity index (χ4n) is 3.27. The Hall–Kier alpha value is -3.13. The standard InChI is InChI=1S/C21H24N4O3S/c1-13-16(14(2)25(4)23-13)9-10-24(3)18-8-7-15(21(27)28)12-17(18)22-20(26)19-6-5-11-29-19/h5-8,11-12H,9-10H2,1-4H3,(H,22,26)(H,27,28). The zero-order valence-electron chi connectivity index (χ0n) is 16.9. The summed E-state index contributed by atoms with van der Waals surface area (Å²) in [6.07, 6.45) is 0.793. The summed E-state index contributed by atoms with van der Waals surface area (Å²) < 4.78 is 1.87. The van der Waals surface area contributed by atoms with Crippen LogP contribution in [-0.2, 0) is 13.5 Å². The van der Waals surface area contributed by atoms with Gasteiger partial charge in [0, 0.05) is 26.3 Å². The van der Waals surface area contributed by atoms with Gasteiger partial charge in [-0.25, -0.2) is 4.79 Å². The molecule has 3 aromatic rings. The van der Waals surface area contributed by atoms with E-state index in [2.05, 4.69) is 10.4 Å². The molecule has 152 valence electrons. The van der Waals surface area contributed by atoms with Crippen molar-refractivity contribution in [1.29, 1.82) is 0 Å². The van der Waals surface area contributed by atoms with E-state index in [0.29, 0.717) is 17.1 Å². The van der Waals surface area contributed by atoms with Crippen LogP contribution in [0.2, 0.25) is 0 Å². The third-order valence-corrected chi connectivity index (χ3v) is 5.87. The number of carboxylic acid groups (broad SMARTS) is 1. The highest BCUT2D eigenvalue weighted by molar-refractivity contribution is 7.12. The molecule has 2 aromatic heterocycles. The maximum absolute atomic E-state index is 12.5. The molecule has 0 aliphatic rings. The van der Waals surface area contributed by atoms with E-state index in [9.17, 15) is 14.7 Å². The maximum Gasteiger partial charge on any atom is 0.335 e. The molecular formula is C21H24N4O3S. The van der Waals surface area contributed by atoms with E-state index < -0.39 is 5.97 Å². The van der Waals surface area contributed by atoms with Crippen LogP contribution in [0.1, 0.15) is 37.0 Å². The van der Waals surface area contributed by atoms with E-state index in [0.717, 1.165) is 23.5 Å². The van der Waals surface area contributed by atoms with E-state index in [1.54, 1.807) is 24.3 Å². The van der Waals surface area contributed by atoms with Gasteiger partial charge >= 0.3 is 5.97 Å². The fourth-order valence-corrected chi connectivity index (χ4v) is 3.89. The quantitative estimate of drug-likeness (QED) is 0.617. The van der Waals surface area contributed by atoms with Crippen molar-refractivity contribution in [2.45, 2.75) is 20.3 Å². The number of aryl methyl sites for hydroxylation is 2. The van der Waals surface area contributed by atoms with Gasteiger partial charge in [0.15, 0.2) is 0 Å². The maximum atomic E-state index is 12.5. The summed E-state index contributed by atoms with van der Waals surface area (Å²) in [6, 6.07) is 8.32. The number of carboxylic acids is 1. The molecule has 2 N–H and O–H groups in total. The first-order valence-electron chi connectivity index (χ1n) is 9.20. The van der Waals surface area contributed by atoms with Gasteiger partial charge in [0.1, 0.15) is 0 Å². The average Bonchev–Trinajstić information content (AvgIpc) is 3.29. The van der Waals surface area contributed by atoms with Gasteiger partial charge < -0.3 is 15.3 Å². The first-order valence-corrected chi connectivity index (χ1v) is 10.1. The van der Waals surface area contributed by atoms with Crippen LogP contribution in [0.5, 0.6) is 0 Å². The minimum atomic E-state index is -1.03. The average molecular weight is 413 g/mol. The summed E-state index contributed by atoms with van der Waals surface area (Å²) >= 11 is 1.34. The molecular weight excluding hydrogens is 388 g/mol. The van der Waals surface area contributed by atoms with Crippen molar-refractivity contribution in [2.24, 2.45) is 7.05 Å². The van der Waals surface area contributed by atoms with Gasteiger partial charge in [-0.1, -0.05) is 6.07 Å². The van der Waals surface area contributed by atoms with Crippen molar-refractivity contribution in [3.63, 3.8) is 0 Å². The number of thiophene rings is 1. The molecule has 0 aliphatic heterocycles. The van der Waals surface area contributed by atoms with Crippen LogP contribution < -0.4 is 10.2 Å². The lowest BCUT2D eigenvalue weighted by atomic mass is 10.1. The minimum absolute atomic E-state index is 0.127. The summed E-state index contributed by atoms with van der Waals surface area (Å²) in [7, 11) is 3.86. The van der Waals surface area contributed by atoms with E-state index in [1.807, 2.05) is 42.9 Å². The molecule has 0 atom stereocenters. The van der Waals surface area contributed by atoms with Crippen molar-refractivity contribution in [1.82, 2.24) is 9.78 Å². The lowest BCUT2D eigenvalue weighted by molar-refractivity contribution is 0.0696. The number of carbonyl (C=O) groups is 2. The van der Waals surface area contributed by atoms with Crippen LogP contribution in [-0.4, -0.2) is 40.4 Å². The zero-order valence-corrected chi connectivity index (χ0v) is 17.7. The number of anilines is 2. The highest BCUT2D eigenvalue weighted by atomic mass is 32.1. The highest BCUT2D eigenvalue weighted by Gasteiger charge is 2.17. The zero-order chi connectivity index (χ0) is 21.1. The summed E-state index contributed by atoms with van der Waals surface area (Å²) in [5.74, 6) is -1.29. The molecule has 0 radical (unpaired) electrons. The molecule has 0 saturated heterocycles. The van der Waals surface area contributed by atoms with Crippen LogP contribution in [0.15, 0.2) is 35.7 Å². The van der Waals surface area contributed by atoms with Gasteiger partial charge in [-0.05, 0) is 55.5 Å². The number of benzene rings is 1. The summed E-state index contributed by atoms with van der Waals surface area (Å²) in [5, 5.41) is 18.5. The molecule has 0 fully saturated rings. The first-order chi connectivity index (χ1) is 13.8. The van der Waals surface area contributed by atoms with Gasteiger partial charge in [-0.2, -0.15) is 5.10 Å². The van der Waals surface area contributed by atoms with Gasteiger partial charge in [-0.3, -0.25) is 9.48 Å². The van der Waals surface area contributed by atoms with Crippen LogP contribution >= 0.6 is 11.3 Å². The Morgan fingerprint density at radius 2 is 2.03 bits per heavy atom. The van der Waals surface area contributed by atoms with Gasteiger partial charge in [0.05, 0.1) is 27.5 Å². The lowest BCUT2D eigenvalue weighted by Crippen LogP contribution is -2.23. The monoisotopic (exact) mass is 412 g/mol. The van der Waals surface area contributed by atoms with Gasteiger partial charge in [0.25, 0.3) is 5.91 Å². The molecule has 0 bridgehead atoms. The van der Waals surface area contributed by atoms with Crippen molar-refractivity contribution < 1.29 is 14.7 Å². The molecule has 3 rings (SSSR count). The number of aromatic carboxylic acids is 1. The fraction of sp³-hybridized carbons (Fsp3) is 0.286. The number of nitrogens with one attached hydrogen (secondary N) is 1. The second-order valence-corrected chi connectivity index (χ2v) is 7.86. The molecule has 0 aliphatic carbocycles. The van der Waals surface area contributed by atoms with E-state index >= 15 is 0 Å². The molecule has 8 heteroatoms. The third kappa shape index (κ3) is 4.48. The number of carbonyl (C=O) groups excluding carboxylic acids is 1. The Morgan fingerprint density at radius 1 is 1.28 bits per heavy atom. The SMILES string of the molecule is Cc1nn(C)c(C)c1CCN(C)c1ccc(C(=O)O)cc1NC(=O)c1cccs1. The van der Waals surface area contributed by atoms with Crippen molar-refractivity contribution in [3.8, 4) is 0 Å². The molecule has 0 saturated carbocycles. The molecule has 29 heavy (non-hydrogen) atoms. The Bertz CT molecular complexity index is 1040. The number of hydrogen-bond donors (Lipinski definition) is 2. The summed E-state index contributed by atoms with van der Waals surface area (Å²) in [4.78, 5) is 26.5. The Balaban J connectivity index is 1.84. The number of likely N-dealkylation sites (N-methyl/N-ethyl adjacent to an activating group) is 1. The topological polar surface area (TPSA) is 87.5 Å². The number of rotatable bonds is 7.